The van der Waals surface area contributed by atoms with Crippen molar-refractivity contribution in [3.05, 3.63) is 83.9 Å². The van der Waals surface area contributed by atoms with Crippen LogP contribution in [0, 0.1) is 0 Å². The van der Waals surface area contributed by atoms with Gasteiger partial charge in [0.25, 0.3) is 0 Å². The van der Waals surface area contributed by atoms with Gasteiger partial charge in [0, 0.05) is 18.2 Å². The Morgan fingerprint density at radius 1 is 0.933 bits per heavy atom. The molecule has 0 fully saturated rings. The Morgan fingerprint density at radius 2 is 1.60 bits per heavy atom. The maximum absolute atomic E-state index is 13.1. The Hall–Kier alpha value is -3.25. The zero-order valence-electron chi connectivity index (χ0n) is 16.9. The zero-order valence-corrected chi connectivity index (χ0v) is 17.7. The molecular weight excluding hydrogens is 396 g/mol. The number of aromatic nitrogens is 2. The predicted molar refractivity (Wildman–Crippen MR) is 120 cm³/mol. The SMILES string of the molecule is COc1cc(OC)cc(C(=O)Sc2nc3ccccc3n2CCc2ccccc2)c1. The second-order valence-electron chi connectivity index (χ2n) is 6.76. The first-order valence-electron chi connectivity index (χ1n) is 9.62. The van der Waals surface area contributed by atoms with Gasteiger partial charge in [-0.05, 0) is 48.0 Å². The van der Waals surface area contributed by atoms with E-state index in [9.17, 15) is 4.79 Å². The molecule has 1 aromatic heterocycles. The fourth-order valence-electron chi connectivity index (χ4n) is 3.30. The minimum absolute atomic E-state index is 0.108. The molecule has 0 unspecified atom stereocenters. The third-order valence-corrected chi connectivity index (χ3v) is 5.77. The molecule has 0 spiro atoms. The number of methoxy groups -OCH3 is 2. The third kappa shape index (κ3) is 4.33. The van der Waals surface area contributed by atoms with Gasteiger partial charge in [-0.25, -0.2) is 4.98 Å². The second kappa shape index (κ2) is 9.05. The molecule has 30 heavy (non-hydrogen) atoms. The Balaban J connectivity index is 1.64. The molecule has 0 saturated heterocycles. The summed E-state index contributed by atoms with van der Waals surface area (Å²) in [5.41, 5.74) is 3.66. The predicted octanol–water partition coefficient (Wildman–Crippen LogP) is 5.23. The van der Waals surface area contributed by atoms with Gasteiger partial charge in [0.15, 0.2) is 5.16 Å². The first-order valence-corrected chi connectivity index (χ1v) is 10.4. The summed E-state index contributed by atoms with van der Waals surface area (Å²) in [6, 6.07) is 23.4. The highest BCUT2D eigenvalue weighted by molar-refractivity contribution is 8.14. The highest BCUT2D eigenvalue weighted by Gasteiger charge is 2.18. The summed E-state index contributed by atoms with van der Waals surface area (Å²) in [5.74, 6) is 1.16. The van der Waals surface area contributed by atoms with Gasteiger partial charge < -0.3 is 14.0 Å². The number of aryl methyl sites for hydroxylation is 2. The molecule has 4 rings (SSSR count). The van der Waals surface area contributed by atoms with Crippen molar-refractivity contribution in [3.8, 4) is 11.5 Å². The Morgan fingerprint density at radius 3 is 2.30 bits per heavy atom. The summed E-state index contributed by atoms with van der Waals surface area (Å²) in [5, 5.41) is 0.572. The van der Waals surface area contributed by atoms with Gasteiger partial charge in [-0.15, -0.1) is 0 Å². The smallest absolute Gasteiger partial charge is 0.227 e. The van der Waals surface area contributed by atoms with Crippen LogP contribution in [0.5, 0.6) is 11.5 Å². The molecule has 1 heterocycles. The number of hydrogen-bond acceptors (Lipinski definition) is 5. The normalized spacial score (nSPS) is 10.9. The second-order valence-corrected chi connectivity index (χ2v) is 7.70. The maximum atomic E-state index is 13.1. The number of ether oxygens (including phenoxy) is 2. The van der Waals surface area contributed by atoms with Crippen molar-refractivity contribution in [1.29, 1.82) is 0 Å². The van der Waals surface area contributed by atoms with E-state index in [4.69, 9.17) is 14.5 Å². The van der Waals surface area contributed by atoms with Crippen LogP contribution in [0.15, 0.2) is 78.0 Å². The standard InChI is InChI=1S/C24H22N2O3S/c1-28-19-14-18(15-20(16-19)29-2)23(27)30-24-25-21-10-6-7-11-22(21)26(24)13-12-17-8-4-3-5-9-17/h3-11,14-16H,12-13H2,1-2H3. The van der Waals surface area contributed by atoms with E-state index in [0.29, 0.717) is 22.2 Å². The Labute approximate surface area is 179 Å². The van der Waals surface area contributed by atoms with Crippen LogP contribution in [0.25, 0.3) is 11.0 Å². The lowest BCUT2D eigenvalue weighted by Crippen LogP contribution is -2.05. The first-order chi connectivity index (χ1) is 14.7. The van der Waals surface area contributed by atoms with Crippen molar-refractivity contribution in [3.63, 3.8) is 0 Å². The first kappa shape index (κ1) is 20.0. The van der Waals surface area contributed by atoms with Crippen LogP contribution in [-0.2, 0) is 13.0 Å². The van der Waals surface area contributed by atoms with E-state index in [1.165, 1.54) is 5.56 Å². The van der Waals surface area contributed by atoms with Crippen LogP contribution in [0.2, 0.25) is 0 Å². The van der Waals surface area contributed by atoms with Crippen LogP contribution in [0.3, 0.4) is 0 Å². The van der Waals surface area contributed by atoms with Crippen molar-refractivity contribution in [2.45, 2.75) is 18.1 Å². The van der Waals surface area contributed by atoms with Crippen LogP contribution in [0.4, 0.5) is 0 Å². The molecule has 0 N–H and O–H groups in total. The molecule has 0 atom stereocenters. The molecule has 152 valence electrons. The average molecular weight is 419 g/mol. The molecule has 0 aliphatic heterocycles. The maximum Gasteiger partial charge on any atom is 0.227 e. The number of rotatable bonds is 7. The van der Waals surface area contributed by atoms with E-state index in [1.54, 1.807) is 32.4 Å². The molecule has 0 saturated carbocycles. The van der Waals surface area contributed by atoms with E-state index in [1.807, 2.05) is 42.5 Å². The number of fused-ring (bicyclic) bond motifs is 1. The monoisotopic (exact) mass is 418 g/mol. The van der Waals surface area contributed by atoms with Crippen LogP contribution in [0.1, 0.15) is 15.9 Å². The summed E-state index contributed by atoms with van der Waals surface area (Å²) in [6.07, 6.45) is 0.857. The lowest BCUT2D eigenvalue weighted by Gasteiger charge is -2.10. The molecule has 4 aromatic rings. The molecule has 0 aliphatic rings. The lowest BCUT2D eigenvalue weighted by molar-refractivity contribution is 0.108. The molecule has 0 bridgehead atoms. The van der Waals surface area contributed by atoms with Crippen molar-refractivity contribution in [2.75, 3.05) is 14.2 Å². The van der Waals surface area contributed by atoms with Crippen molar-refractivity contribution in [2.24, 2.45) is 0 Å². The zero-order chi connectivity index (χ0) is 20.9. The van der Waals surface area contributed by atoms with E-state index >= 15 is 0 Å². The fourth-order valence-corrected chi connectivity index (χ4v) is 4.15. The van der Waals surface area contributed by atoms with Crippen LogP contribution < -0.4 is 9.47 Å². The number of hydrogen-bond donors (Lipinski definition) is 0. The highest BCUT2D eigenvalue weighted by Crippen LogP contribution is 2.30. The van der Waals surface area contributed by atoms with Crippen LogP contribution >= 0.6 is 11.8 Å². The Kier molecular flexibility index (Phi) is 6.05. The van der Waals surface area contributed by atoms with Gasteiger partial charge in [0.2, 0.25) is 5.12 Å². The molecule has 3 aromatic carbocycles. The Bertz CT molecular complexity index is 1150. The number of para-hydroxylation sites is 2. The van der Waals surface area contributed by atoms with E-state index in [0.717, 1.165) is 35.8 Å². The summed E-state index contributed by atoms with van der Waals surface area (Å²) >= 11 is 1.12. The van der Waals surface area contributed by atoms with E-state index in [2.05, 4.69) is 16.7 Å². The largest absolute Gasteiger partial charge is 0.497 e. The van der Waals surface area contributed by atoms with Crippen molar-refractivity contribution in [1.82, 2.24) is 9.55 Å². The number of thioether (sulfide) groups is 1. The summed E-state index contributed by atoms with van der Waals surface area (Å²) < 4.78 is 12.7. The van der Waals surface area contributed by atoms with Gasteiger partial charge in [-0.1, -0.05) is 42.5 Å². The molecular formula is C24H22N2O3S. The molecule has 0 aliphatic carbocycles. The van der Waals surface area contributed by atoms with Gasteiger partial charge in [0.05, 0.1) is 25.3 Å². The number of benzene rings is 3. The van der Waals surface area contributed by atoms with Crippen LogP contribution in [-0.4, -0.2) is 28.9 Å². The van der Waals surface area contributed by atoms with Gasteiger partial charge in [-0.2, -0.15) is 0 Å². The number of carbonyl (C=O) groups is 1. The minimum atomic E-state index is -0.108. The minimum Gasteiger partial charge on any atom is -0.497 e. The van der Waals surface area contributed by atoms with Gasteiger partial charge in [-0.3, -0.25) is 4.79 Å². The molecule has 0 radical (unpaired) electrons. The highest BCUT2D eigenvalue weighted by atomic mass is 32.2. The van der Waals surface area contributed by atoms with E-state index < -0.39 is 0 Å². The molecule has 6 heteroatoms. The third-order valence-electron chi connectivity index (χ3n) is 4.86. The summed E-state index contributed by atoms with van der Waals surface area (Å²) in [6.45, 7) is 0.738. The van der Waals surface area contributed by atoms with E-state index in [-0.39, 0.29) is 5.12 Å². The van der Waals surface area contributed by atoms with Crippen molar-refractivity contribution < 1.29 is 14.3 Å². The quantitative estimate of drug-likeness (QED) is 0.385. The molecule has 0 amide bonds. The van der Waals surface area contributed by atoms with Gasteiger partial charge >= 0.3 is 0 Å². The van der Waals surface area contributed by atoms with Gasteiger partial charge in [0.1, 0.15) is 11.5 Å². The molecule has 5 nitrogen and oxygen atoms in total. The summed E-state index contributed by atoms with van der Waals surface area (Å²) in [4.78, 5) is 17.8. The lowest BCUT2D eigenvalue weighted by atomic mass is 10.1. The average Bonchev–Trinajstić information content (AvgIpc) is 3.14. The topological polar surface area (TPSA) is 53.4 Å². The number of imidazole rings is 1. The van der Waals surface area contributed by atoms with Crippen molar-refractivity contribution >= 4 is 27.9 Å². The summed E-state index contributed by atoms with van der Waals surface area (Å²) in [7, 11) is 3.14. The number of carbonyl (C=O) groups excluding carboxylic acids is 1. The fraction of sp³-hybridized carbons (Fsp3) is 0.167. The number of nitrogens with zero attached hydrogens (tertiary/aromatic N) is 2.